The maximum Gasteiger partial charge on any atom is 0.0530 e. The summed E-state index contributed by atoms with van der Waals surface area (Å²) < 4.78 is 5.27. The van der Waals surface area contributed by atoms with Gasteiger partial charge in [-0.15, -0.1) is 0 Å². The summed E-state index contributed by atoms with van der Waals surface area (Å²) in [6.45, 7) is 5.49. The third-order valence-electron chi connectivity index (χ3n) is 3.07. The predicted molar refractivity (Wildman–Crippen MR) is 55.9 cm³/mol. The Hall–Kier alpha value is -0.0800. The minimum atomic E-state index is 0.489. The number of hydrogen-bond donors (Lipinski definition) is 1. The molecule has 0 amide bonds. The molecule has 13 heavy (non-hydrogen) atoms. The minimum Gasteiger partial charge on any atom is -0.384 e. The summed E-state index contributed by atoms with van der Waals surface area (Å²) in [5.41, 5.74) is 0.489. The lowest BCUT2D eigenvalue weighted by atomic mass is 9.69. The molecule has 2 heteroatoms. The summed E-state index contributed by atoms with van der Waals surface area (Å²) in [4.78, 5) is 0. The first kappa shape index (κ1) is 11.0. The standard InChI is InChI=1S/C11H23NO/c1-3-4-8-12-9-11(10-13-2)6-5-7-11/h12H,3-10H2,1-2H3. The van der Waals surface area contributed by atoms with Crippen LogP contribution in [0.25, 0.3) is 0 Å². The summed E-state index contributed by atoms with van der Waals surface area (Å²) in [6, 6.07) is 0. The van der Waals surface area contributed by atoms with Crippen molar-refractivity contribution in [3.8, 4) is 0 Å². The quantitative estimate of drug-likeness (QED) is 0.614. The number of hydrogen-bond acceptors (Lipinski definition) is 2. The molecule has 1 fully saturated rings. The van der Waals surface area contributed by atoms with Gasteiger partial charge < -0.3 is 10.1 Å². The lowest BCUT2D eigenvalue weighted by Gasteiger charge is -2.41. The molecule has 0 spiro atoms. The molecule has 0 atom stereocenters. The Labute approximate surface area is 82.0 Å². The first-order chi connectivity index (χ1) is 6.33. The minimum absolute atomic E-state index is 0.489. The Kier molecular flexibility index (Phi) is 4.74. The zero-order valence-corrected chi connectivity index (χ0v) is 9.07. The number of ether oxygens (including phenoxy) is 1. The van der Waals surface area contributed by atoms with Crippen molar-refractivity contribution >= 4 is 0 Å². The van der Waals surface area contributed by atoms with E-state index in [1.807, 2.05) is 7.11 Å². The Morgan fingerprint density at radius 3 is 2.62 bits per heavy atom. The molecule has 2 nitrogen and oxygen atoms in total. The van der Waals surface area contributed by atoms with E-state index in [1.54, 1.807) is 0 Å². The van der Waals surface area contributed by atoms with E-state index in [0.29, 0.717) is 5.41 Å². The molecule has 78 valence electrons. The maximum atomic E-state index is 5.27. The topological polar surface area (TPSA) is 21.3 Å². The lowest BCUT2D eigenvalue weighted by Crippen LogP contribution is -2.43. The molecule has 1 aliphatic rings. The van der Waals surface area contributed by atoms with Crippen molar-refractivity contribution in [3.63, 3.8) is 0 Å². The van der Waals surface area contributed by atoms with Crippen molar-refractivity contribution in [3.05, 3.63) is 0 Å². The average molecular weight is 185 g/mol. The number of methoxy groups -OCH3 is 1. The molecule has 1 saturated carbocycles. The first-order valence-corrected chi connectivity index (χ1v) is 5.53. The van der Waals surface area contributed by atoms with Gasteiger partial charge in [0.2, 0.25) is 0 Å². The summed E-state index contributed by atoms with van der Waals surface area (Å²) >= 11 is 0. The van der Waals surface area contributed by atoms with Crippen LogP contribution in [0.2, 0.25) is 0 Å². The van der Waals surface area contributed by atoms with Gasteiger partial charge in [-0.3, -0.25) is 0 Å². The zero-order valence-electron chi connectivity index (χ0n) is 9.07. The van der Waals surface area contributed by atoms with Gasteiger partial charge >= 0.3 is 0 Å². The van der Waals surface area contributed by atoms with E-state index in [0.717, 1.165) is 13.2 Å². The molecular weight excluding hydrogens is 162 g/mol. The molecule has 1 rings (SSSR count). The molecule has 0 radical (unpaired) electrons. The van der Waals surface area contributed by atoms with E-state index in [1.165, 1.54) is 38.6 Å². The van der Waals surface area contributed by atoms with Crippen LogP contribution >= 0.6 is 0 Å². The van der Waals surface area contributed by atoms with Gasteiger partial charge in [-0.2, -0.15) is 0 Å². The largest absolute Gasteiger partial charge is 0.384 e. The highest BCUT2D eigenvalue weighted by Crippen LogP contribution is 2.40. The van der Waals surface area contributed by atoms with Gasteiger partial charge in [0.15, 0.2) is 0 Å². The van der Waals surface area contributed by atoms with E-state index < -0.39 is 0 Å². The van der Waals surface area contributed by atoms with E-state index >= 15 is 0 Å². The molecular formula is C11H23NO. The fourth-order valence-electron chi connectivity index (χ4n) is 2.01. The smallest absolute Gasteiger partial charge is 0.0530 e. The zero-order chi connectivity index (χ0) is 9.57. The van der Waals surface area contributed by atoms with Crippen molar-refractivity contribution in [1.29, 1.82) is 0 Å². The SMILES string of the molecule is CCCCNCC1(COC)CCC1. The van der Waals surface area contributed by atoms with Crippen molar-refractivity contribution in [2.45, 2.75) is 39.0 Å². The van der Waals surface area contributed by atoms with Gasteiger partial charge in [-0.25, -0.2) is 0 Å². The Balaban J connectivity index is 2.09. The Bertz CT molecular complexity index is 132. The second-order valence-electron chi connectivity index (χ2n) is 4.32. The lowest BCUT2D eigenvalue weighted by molar-refractivity contribution is 0.0181. The van der Waals surface area contributed by atoms with Gasteiger partial charge in [0.1, 0.15) is 0 Å². The Morgan fingerprint density at radius 1 is 1.38 bits per heavy atom. The highest BCUT2D eigenvalue weighted by Gasteiger charge is 2.36. The van der Waals surface area contributed by atoms with E-state index in [4.69, 9.17) is 4.74 Å². The van der Waals surface area contributed by atoms with Crippen LogP contribution in [0.4, 0.5) is 0 Å². The van der Waals surface area contributed by atoms with Crippen LogP contribution in [-0.4, -0.2) is 26.8 Å². The maximum absolute atomic E-state index is 5.27. The summed E-state index contributed by atoms with van der Waals surface area (Å²) in [5.74, 6) is 0. The van der Waals surface area contributed by atoms with Gasteiger partial charge in [0, 0.05) is 19.1 Å². The summed E-state index contributed by atoms with van der Waals surface area (Å²) in [6.07, 6.45) is 6.66. The number of rotatable bonds is 7. The molecule has 0 aromatic rings. The van der Waals surface area contributed by atoms with Crippen LogP contribution in [0.1, 0.15) is 39.0 Å². The van der Waals surface area contributed by atoms with Crippen LogP contribution < -0.4 is 5.32 Å². The summed E-state index contributed by atoms with van der Waals surface area (Å²) in [7, 11) is 1.81. The van der Waals surface area contributed by atoms with Crippen LogP contribution in [0.3, 0.4) is 0 Å². The van der Waals surface area contributed by atoms with Crippen molar-refractivity contribution < 1.29 is 4.74 Å². The number of nitrogens with one attached hydrogen (secondary N) is 1. The monoisotopic (exact) mass is 185 g/mol. The fourth-order valence-corrected chi connectivity index (χ4v) is 2.01. The Morgan fingerprint density at radius 2 is 2.15 bits per heavy atom. The van der Waals surface area contributed by atoms with E-state index in [9.17, 15) is 0 Å². The fraction of sp³-hybridized carbons (Fsp3) is 1.00. The van der Waals surface area contributed by atoms with Crippen molar-refractivity contribution in [2.24, 2.45) is 5.41 Å². The average Bonchev–Trinajstić information content (AvgIpc) is 2.08. The highest BCUT2D eigenvalue weighted by molar-refractivity contribution is 4.89. The van der Waals surface area contributed by atoms with Gasteiger partial charge in [0.05, 0.1) is 6.61 Å². The van der Waals surface area contributed by atoms with Gasteiger partial charge in [0.25, 0.3) is 0 Å². The molecule has 0 bridgehead atoms. The second kappa shape index (κ2) is 5.61. The van der Waals surface area contributed by atoms with Crippen LogP contribution in [0.15, 0.2) is 0 Å². The van der Waals surface area contributed by atoms with E-state index in [-0.39, 0.29) is 0 Å². The summed E-state index contributed by atoms with van der Waals surface area (Å²) in [5, 5.41) is 3.53. The molecule has 0 unspecified atom stereocenters. The van der Waals surface area contributed by atoms with Gasteiger partial charge in [-0.1, -0.05) is 19.8 Å². The third kappa shape index (κ3) is 3.28. The van der Waals surface area contributed by atoms with Crippen LogP contribution in [0.5, 0.6) is 0 Å². The third-order valence-corrected chi connectivity index (χ3v) is 3.07. The van der Waals surface area contributed by atoms with E-state index in [2.05, 4.69) is 12.2 Å². The molecule has 0 heterocycles. The molecule has 0 saturated heterocycles. The molecule has 0 aromatic carbocycles. The first-order valence-electron chi connectivity index (χ1n) is 5.53. The second-order valence-corrected chi connectivity index (χ2v) is 4.32. The van der Waals surface area contributed by atoms with Crippen LogP contribution in [0, 0.1) is 5.41 Å². The molecule has 1 aliphatic carbocycles. The van der Waals surface area contributed by atoms with Gasteiger partial charge in [-0.05, 0) is 25.8 Å². The molecule has 0 aliphatic heterocycles. The molecule has 0 aromatic heterocycles. The van der Waals surface area contributed by atoms with Crippen LogP contribution in [-0.2, 0) is 4.74 Å². The normalized spacial score (nSPS) is 19.8. The van der Waals surface area contributed by atoms with Crippen molar-refractivity contribution in [1.82, 2.24) is 5.32 Å². The molecule has 1 N–H and O–H groups in total. The number of unbranched alkanes of at least 4 members (excludes halogenated alkanes) is 1. The highest BCUT2D eigenvalue weighted by atomic mass is 16.5. The van der Waals surface area contributed by atoms with Crippen molar-refractivity contribution in [2.75, 3.05) is 26.8 Å². The predicted octanol–water partition coefficient (Wildman–Crippen LogP) is 2.19.